The smallest absolute Gasteiger partial charge is 0.243 e. The van der Waals surface area contributed by atoms with Gasteiger partial charge in [-0.05, 0) is 116 Å². The first-order chi connectivity index (χ1) is 17.9. The number of ether oxygens (including phenoxy) is 1. The van der Waals surface area contributed by atoms with Crippen LogP contribution in [-0.4, -0.2) is 93.9 Å². The predicted octanol–water partition coefficient (Wildman–Crippen LogP) is 3.80. The minimum Gasteiger partial charge on any atom is -0.497 e. The van der Waals surface area contributed by atoms with Crippen LogP contribution in [0.2, 0.25) is 0 Å². The fourth-order valence-electron chi connectivity index (χ4n) is 5.97. The van der Waals surface area contributed by atoms with Crippen molar-refractivity contribution in [3.05, 3.63) is 23.3 Å². The molecule has 9 heteroatoms. The third-order valence-electron chi connectivity index (χ3n) is 8.65. The summed E-state index contributed by atoms with van der Waals surface area (Å²) in [5.41, 5.74) is 1.28. The third-order valence-corrected chi connectivity index (χ3v) is 10.8. The van der Waals surface area contributed by atoms with E-state index in [2.05, 4.69) is 36.0 Å². The summed E-state index contributed by atoms with van der Waals surface area (Å²) in [5, 5.41) is 3.16. The van der Waals surface area contributed by atoms with Crippen LogP contribution in [0.5, 0.6) is 5.75 Å². The molecule has 2 fully saturated rings. The molecule has 0 radical (unpaired) electrons. The maximum atomic E-state index is 13.2. The maximum absolute atomic E-state index is 13.2. The first kappa shape index (κ1) is 30.9. The number of aryl methyl sites for hydroxylation is 2. The molecule has 3 rings (SSSR count). The van der Waals surface area contributed by atoms with Crippen molar-refractivity contribution < 1.29 is 17.9 Å². The molecule has 0 unspecified atom stereocenters. The first-order valence-electron chi connectivity index (χ1n) is 14.3. The highest BCUT2D eigenvalue weighted by Crippen LogP contribution is 2.29. The summed E-state index contributed by atoms with van der Waals surface area (Å²) < 4.78 is 33.0. The summed E-state index contributed by atoms with van der Waals surface area (Å²) in [4.78, 5) is 18.1. The Labute approximate surface area is 231 Å². The molecule has 1 aliphatic heterocycles. The van der Waals surface area contributed by atoms with Crippen molar-refractivity contribution in [2.75, 3.05) is 47.4 Å². The van der Waals surface area contributed by atoms with Gasteiger partial charge in [-0.25, -0.2) is 12.7 Å². The van der Waals surface area contributed by atoms with Crippen molar-refractivity contribution in [2.45, 2.75) is 95.7 Å². The number of carbonyl (C=O) groups excluding carboxylic acids is 1. The molecule has 38 heavy (non-hydrogen) atoms. The van der Waals surface area contributed by atoms with Crippen LogP contribution in [0.25, 0.3) is 0 Å². The van der Waals surface area contributed by atoms with Crippen molar-refractivity contribution in [1.82, 2.24) is 19.4 Å². The van der Waals surface area contributed by atoms with Crippen molar-refractivity contribution in [1.29, 1.82) is 0 Å². The summed E-state index contributed by atoms with van der Waals surface area (Å²) in [6, 6.07) is 4.86. The van der Waals surface area contributed by atoms with E-state index in [9.17, 15) is 13.2 Å². The van der Waals surface area contributed by atoms with Crippen LogP contribution in [-0.2, 0) is 14.8 Å². The largest absolute Gasteiger partial charge is 0.497 e. The van der Waals surface area contributed by atoms with Gasteiger partial charge in [0.2, 0.25) is 15.9 Å². The molecule has 216 valence electrons. The number of rotatable bonds is 11. The quantitative estimate of drug-likeness (QED) is 0.451. The molecule has 1 heterocycles. The lowest BCUT2D eigenvalue weighted by atomic mass is 9.87. The Morgan fingerprint density at radius 1 is 1.05 bits per heavy atom. The Hall–Kier alpha value is -1.68. The van der Waals surface area contributed by atoms with Crippen LogP contribution >= 0.6 is 0 Å². The van der Waals surface area contributed by atoms with Gasteiger partial charge < -0.3 is 19.9 Å². The number of sulfonamides is 1. The molecule has 1 N–H and O–H groups in total. The van der Waals surface area contributed by atoms with Gasteiger partial charge in [0.25, 0.3) is 0 Å². The van der Waals surface area contributed by atoms with Gasteiger partial charge in [-0.15, -0.1) is 0 Å². The Balaban J connectivity index is 1.41. The highest BCUT2D eigenvalue weighted by Gasteiger charge is 2.30. The van der Waals surface area contributed by atoms with Crippen LogP contribution in [0.1, 0.15) is 69.9 Å². The number of likely N-dealkylation sites (tertiary alicyclic amines) is 1. The monoisotopic (exact) mass is 550 g/mol. The highest BCUT2D eigenvalue weighted by atomic mass is 32.2. The van der Waals surface area contributed by atoms with Crippen molar-refractivity contribution in [2.24, 2.45) is 5.92 Å². The number of nitrogens with one attached hydrogen (secondary N) is 1. The average Bonchev–Trinajstić information content (AvgIpc) is 2.87. The Kier molecular flexibility index (Phi) is 11.0. The molecule has 1 saturated carbocycles. The molecular weight excluding hydrogens is 500 g/mol. The Bertz CT molecular complexity index is 1010. The van der Waals surface area contributed by atoms with Gasteiger partial charge in [-0.2, -0.15) is 0 Å². The number of amides is 1. The molecule has 1 aromatic rings. The van der Waals surface area contributed by atoms with Crippen LogP contribution in [0.3, 0.4) is 0 Å². The second-order valence-electron chi connectivity index (χ2n) is 11.8. The highest BCUT2D eigenvalue weighted by molar-refractivity contribution is 7.89. The second-order valence-corrected chi connectivity index (χ2v) is 13.7. The van der Waals surface area contributed by atoms with Gasteiger partial charge >= 0.3 is 0 Å². The molecule has 1 aliphatic carbocycles. The Morgan fingerprint density at radius 2 is 1.63 bits per heavy atom. The lowest BCUT2D eigenvalue weighted by Gasteiger charge is -2.41. The number of nitrogens with zero attached hydrogens (tertiary/aromatic N) is 3. The normalized spacial score (nSPS) is 21.8. The van der Waals surface area contributed by atoms with E-state index in [-0.39, 0.29) is 29.8 Å². The third kappa shape index (κ3) is 7.93. The van der Waals surface area contributed by atoms with E-state index in [1.165, 1.54) is 36.8 Å². The van der Waals surface area contributed by atoms with E-state index >= 15 is 0 Å². The lowest BCUT2D eigenvalue weighted by Crippen LogP contribution is -2.47. The van der Waals surface area contributed by atoms with Gasteiger partial charge in [-0.1, -0.05) is 0 Å². The minimum absolute atomic E-state index is 0.0752. The molecule has 1 saturated heterocycles. The van der Waals surface area contributed by atoms with E-state index in [1.54, 1.807) is 40.1 Å². The van der Waals surface area contributed by atoms with Crippen LogP contribution < -0.4 is 10.1 Å². The van der Waals surface area contributed by atoms with Gasteiger partial charge in [-0.3, -0.25) is 4.79 Å². The zero-order valence-corrected chi connectivity index (χ0v) is 25.4. The number of benzene rings is 1. The van der Waals surface area contributed by atoms with Crippen LogP contribution in [0.4, 0.5) is 0 Å². The van der Waals surface area contributed by atoms with Gasteiger partial charge in [0.05, 0.1) is 12.0 Å². The molecule has 8 nitrogen and oxygen atoms in total. The van der Waals surface area contributed by atoms with E-state index in [0.717, 1.165) is 31.6 Å². The van der Waals surface area contributed by atoms with Crippen LogP contribution in [0, 0.1) is 19.8 Å². The summed E-state index contributed by atoms with van der Waals surface area (Å²) in [5.74, 6) is 1.36. The van der Waals surface area contributed by atoms with Crippen molar-refractivity contribution in [3.8, 4) is 5.75 Å². The summed E-state index contributed by atoms with van der Waals surface area (Å²) >= 11 is 0. The first-order valence-corrected chi connectivity index (χ1v) is 15.7. The molecule has 0 spiro atoms. The number of carbonyl (C=O) groups is 1. The van der Waals surface area contributed by atoms with Crippen molar-refractivity contribution in [3.63, 3.8) is 0 Å². The molecule has 1 aromatic carbocycles. The topological polar surface area (TPSA) is 82.2 Å². The maximum Gasteiger partial charge on any atom is 0.243 e. The fraction of sp³-hybridized carbons (Fsp3) is 0.759. The molecule has 2 aliphatic rings. The molecule has 0 atom stereocenters. The van der Waals surface area contributed by atoms with Gasteiger partial charge in [0.15, 0.2) is 0 Å². The number of hydrogen-bond acceptors (Lipinski definition) is 6. The van der Waals surface area contributed by atoms with Crippen molar-refractivity contribution >= 4 is 15.9 Å². The van der Waals surface area contributed by atoms with Gasteiger partial charge in [0, 0.05) is 44.7 Å². The standard InChI is InChI=1S/C29H50N4O4S/c1-21(2)31(5)20-24-12-16-33(17-13-24)26-10-8-25(9-11-26)30-28(34)14-15-32(6)38(35,36)29-22(3)18-27(37-7)19-23(29)4/h18-19,21,24-26H,8-17,20H2,1-7H3,(H,30,34)/t25-,26-. The minimum atomic E-state index is -3.70. The molecule has 0 bridgehead atoms. The van der Waals surface area contributed by atoms with E-state index in [1.807, 2.05) is 0 Å². The van der Waals surface area contributed by atoms with E-state index < -0.39 is 10.0 Å². The van der Waals surface area contributed by atoms with E-state index in [0.29, 0.717) is 29.0 Å². The lowest BCUT2D eigenvalue weighted by molar-refractivity contribution is -0.122. The predicted molar refractivity (Wildman–Crippen MR) is 153 cm³/mol. The number of methoxy groups -OCH3 is 1. The second kappa shape index (κ2) is 13.6. The summed E-state index contributed by atoms with van der Waals surface area (Å²) in [7, 11) is 1.64. The average molecular weight is 551 g/mol. The zero-order chi connectivity index (χ0) is 28.0. The fourth-order valence-corrected chi connectivity index (χ4v) is 7.55. The summed E-state index contributed by atoms with van der Waals surface area (Å²) in [6.07, 6.45) is 6.93. The zero-order valence-electron chi connectivity index (χ0n) is 24.6. The van der Waals surface area contributed by atoms with Crippen LogP contribution in [0.15, 0.2) is 17.0 Å². The SMILES string of the molecule is COc1cc(C)c(S(=O)(=O)N(C)CCC(=O)N[C@H]2CC[C@H](N3CCC(CN(C)C(C)C)CC3)CC2)c(C)c1. The molecular formula is C29H50N4O4S. The van der Waals surface area contributed by atoms with E-state index in [4.69, 9.17) is 4.74 Å². The molecule has 0 aromatic heterocycles. The summed E-state index contributed by atoms with van der Waals surface area (Å²) in [6.45, 7) is 11.8. The number of piperidine rings is 1. The molecule has 1 amide bonds. The van der Waals surface area contributed by atoms with Gasteiger partial charge in [0.1, 0.15) is 5.75 Å². The Morgan fingerprint density at radius 3 is 2.16 bits per heavy atom. The number of hydrogen-bond donors (Lipinski definition) is 1.